The molecule has 1 amide bonds. The summed E-state index contributed by atoms with van der Waals surface area (Å²) in [6.45, 7) is 5.44. The van der Waals surface area contributed by atoms with Gasteiger partial charge in [-0.3, -0.25) is 9.69 Å². The Morgan fingerprint density at radius 2 is 2.33 bits per heavy atom. The first kappa shape index (κ1) is 16.1. The van der Waals surface area contributed by atoms with E-state index >= 15 is 0 Å². The van der Waals surface area contributed by atoms with Crippen molar-refractivity contribution in [2.75, 3.05) is 26.7 Å². The standard InChI is InChI=1S/C16H23ClN2O2/c1-3-21-15-5-4-12(8-14(15)17)10-19-7-6-13(11-19)9-16(20)18-2/h4-5,8,13H,3,6-7,9-11H2,1-2H3,(H,18,20)/t13-/m1/s1. The molecule has 0 bridgehead atoms. The van der Waals surface area contributed by atoms with Crippen molar-refractivity contribution >= 4 is 17.5 Å². The summed E-state index contributed by atoms with van der Waals surface area (Å²) in [7, 11) is 1.69. The summed E-state index contributed by atoms with van der Waals surface area (Å²) in [6, 6.07) is 5.96. The molecule has 21 heavy (non-hydrogen) atoms. The van der Waals surface area contributed by atoms with Crippen LogP contribution in [0.1, 0.15) is 25.3 Å². The summed E-state index contributed by atoms with van der Waals surface area (Å²) in [4.78, 5) is 13.8. The molecule has 0 saturated carbocycles. The highest BCUT2D eigenvalue weighted by Gasteiger charge is 2.24. The fourth-order valence-corrected chi connectivity index (χ4v) is 3.02. The van der Waals surface area contributed by atoms with Gasteiger partial charge in [-0.1, -0.05) is 17.7 Å². The normalized spacial score (nSPS) is 18.7. The number of carbonyl (C=O) groups excluding carboxylic acids is 1. The van der Waals surface area contributed by atoms with Gasteiger partial charge in [-0.2, -0.15) is 0 Å². The zero-order chi connectivity index (χ0) is 15.2. The first-order valence-corrected chi connectivity index (χ1v) is 7.84. The number of amides is 1. The number of hydrogen-bond donors (Lipinski definition) is 1. The average molecular weight is 311 g/mol. The van der Waals surface area contributed by atoms with Crippen LogP contribution in [0.4, 0.5) is 0 Å². The van der Waals surface area contributed by atoms with Crippen LogP contribution in [0.2, 0.25) is 5.02 Å². The van der Waals surface area contributed by atoms with Crippen LogP contribution in [-0.4, -0.2) is 37.6 Å². The molecule has 116 valence electrons. The number of nitrogens with zero attached hydrogens (tertiary/aromatic N) is 1. The van der Waals surface area contributed by atoms with E-state index < -0.39 is 0 Å². The van der Waals surface area contributed by atoms with E-state index in [1.807, 2.05) is 19.1 Å². The van der Waals surface area contributed by atoms with Crippen LogP contribution in [0.5, 0.6) is 5.75 Å². The summed E-state index contributed by atoms with van der Waals surface area (Å²) in [5.74, 6) is 1.33. The number of rotatable bonds is 6. The maximum Gasteiger partial charge on any atom is 0.220 e. The second-order valence-corrected chi connectivity index (χ2v) is 5.87. The van der Waals surface area contributed by atoms with Crippen molar-refractivity contribution in [3.63, 3.8) is 0 Å². The van der Waals surface area contributed by atoms with Crippen LogP contribution in [0.3, 0.4) is 0 Å². The first-order valence-electron chi connectivity index (χ1n) is 7.46. The lowest BCUT2D eigenvalue weighted by Crippen LogP contribution is -2.24. The fourth-order valence-electron chi connectivity index (χ4n) is 2.76. The van der Waals surface area contributed by atoms with Crippen LogP contribution in [0.15, 0.2) is 18.2 Å². The van der Waals surface area contributed by atoms with E-state index in [1.165, 1.54) is 5.56 Å². The summed E-state index contributed by atoms with van der Waals surface area (Å²) < 4.78 is 5.44. The third-order valence-electron chi connectivity index (χ3n) is 3.83. The lowest BCUT2D eigenvalue weighted by molar-refractivity contribution is -0.121. The Morgan fingerprint density at radius 1 is 1.52 bits per heavy atom. The largest absolute Gasteiger partial charge is 0.492 e. The molecular formula is C16H23ClN2O2. The SMILES string of the molecule is CCOc1ccc(CN2CC[C@H](CC(=O)NC)C2)cc1Cl. The minimum absolute atomic E-state index is 0.131. The van der Waals surface area contributed by atoms with Crippen molar-refractivity contribution in [3.8, 4) is 5.75 Å². The average Bonchev–Trinajstić information content (AvgIpc) is 2.89. The van der Waals surface area contributed by atoms with Crippen LogP contribution < -0.4 is 10.1 Å². The number of likely N-dealkylation sites (tertiary alicyclic amines) is 1. The predicted molar refractivity (Wildman–Crippen MR) is 84.7 cm³/mol. The molecule has 0 spiro atoms. The van der Waals surface area contributed by atoms with Gasteiger partial charge in [-0.15, -0.1) is 0 Å². The van der Waals surface area contributed by atoms with Gasteiger partial charge in [-0.05, 0) is 43.5 Å². The minimum Gasteiger partial charge on any atom is -0.492 e. The molecule has 1 aromatic carbocycles. The summed E-state index contributed by atoms with van der Waals surface area (Å²) in [5, 5.41) is 3.36. The topological polar surface area (TPSA) is 41.6 Å². The highest BCUT2D eigenvalue weighted by atomic mass is 35.5. The molecule has 0 unspecified atom stereocenters. The van der Waals surface area contributed by atoms with Gasteiger partial charge in [0.2, 0.25) is 5.91 Å². The Kier molecular flexibility index (Phi) is 5.88. The van der Waals surface area contributed by atoms with E-state index in [-0.39, 0.29) is 5.91 Å². The van der Waals surface area contributed by atoms with Gasteiger partial charge in [0.25, 0.3) is 0 Å². The van der Waals surface area contributed by atoms with Gasteiger partial charge in [0.15, 0.2) is 0 Å². The molecule has 1 saturated heterocycles. The van der Waals surface area contributed by atoms with Gasteiger partial charge >= 0.3 is 0 Å². The lowest BCUT2D eigenvalue weighted by Gasteiger charge is -2.16. The smallest absolute Gasteiger partial charge is 0.220 e. The van der Waals surface area contributed by atoms with Crippen molar-refractivity contribution in [1.82, 2.24) is 10.2 Å². The van der Waals surface area contributed by atoms with Crippen molar-refractivity contribution in [2.24, 2.45) is 5.92 Å². The molecule has 1 N–H and O–H groups in total. The van der Waals surface area contributed by atoms with Crippen molar-refractivity contribution in [3.05, 3.63) is 28.8 Å². The van der Waals surface area contributed by atoms with Gasteiger partial charge in [0.1, 0.15) is 5.75 Å². The van der Waals surface area contributed by atoms with Crippen molar-refractivity contribution < 1.29 is 9.53 Å². The third-order valence-corrected chi connectivity index (χ3v) is 4.12. The van der Waals surface area contributed by atoms with E-state index in [1.54, 1.807) is 7.05 Å². The highest BCUT2D eigenvalue weighted by molar-refractivity contribution is 6.32. The number of halogens is 1. The van der Waals surface area contributed by atoms with Crippen molar-refractivity contribution in [2.45, 2.75) is 26.3 Å². The molecule has 4 nitrogen and oxygen atoms in total. The molecule has 0 aliphatic carbocycles. The Hall–Kier alpha value is -1.26. The number of ether oxygens (including phenoxy) is 1. The number of carbonyl (C=O) groups is 1. The highest BCUT2D eigenvalue weighted by Crippen LogP contribution is 2.27. The van der Waals surface area contributed by atoms with E-state index in [2.05, 4.69) is 16.3 Å². The summed E-state index contributed by atoms with van der Waals surface area (Å²) >= 11 is 6.21. The molecule has 1 heterocycles. The van der Waals surface area contributed by atoms with E-state index in [0.717, 1.165) is 31.8 Å². The summed E-state index contributed by atoms with van der Waals surface area (Å²) in [5.41, 5.74) is 1.18. The molecule has 1 aliphatic heterocycles. The zero-order valence-corrected chi connectivity index (χ0v) is 13.4. The summed E-state index contributed by atoms with van der Waals surface area (Å²) in [6.07, 6.45) is 1.70. The monoisotopic (exact) mass is 310 g/mol. The Labute approximate surface area is 131 Å². The van der Waals surface area contributed by atoms with Gasteiger partial charge in [-0.25, -0.2) is 0 Å². The number of benzene rings is 1. The number of hydrogen-bond acceptors (Lipinski definition) is 3. The van der Waals surface area contributed by atoms with Crippen LogP contribution in [-0.2, 0) is 11.3 Å². The number of nitrogens with one attached hydrogen (secondary N) is 1. The molecule has 0 radical (unpaired) electrons. The van der Waals surface area contributed by atoms with Crippen LogP contribution >= 0.6 is 11.6 Å². The van der Waals surface area contributed by atoms with Gasteiger partial charge in [0.05, 0.1) is 11.6 Å². The molecule has 5 heteroatoms. The molecule has 1 aromatic rings. The fraction of sp³-hybridized carbons (Fsp3) is 0.562. The third kappa shape index (κ3) is 4.61. The first-order chi connectivity index (χ1) is 10.1. The van der Waals surface area contributed by atoms with E-state index in [0.29, 0.717) is 24.0 Å². The molecule has 1 aliphatic rings. The van der Waals surface area contributed by atoms with Crippen LogP contribution in [0, 0.1) is 5.92 Å². The van der Waals surface area contributed by atoms with Gasteiger partial charge < -0.3 is 10.1 Å². The molecule has 0 aromatic heterocycles. The Morgan fingerprint density at radius 3 is 3.00 bits per heavy atom. The molecule has 2 rings (SSSR count). The maximum atomic E-state index is 11.4. The zero-order valence-electron chi connectivity index (χ0n) is 12.7. The molecule has 1 fully saturated rings. The predicted octanol–water partition coefficient (Wildman–Crippen LogP) is 2.70. The Bertz CT molecular complexity index is 493. The lowest BCUT2D eigenvalue weighted by atomic mass is 10.0. The Balaban J connectivity index is 1.88. The maximum absolute atomic E-state index is 11.4. The molecular weight excluding hydrogens is 288 g/mol. The van der Waals surface area contributed by atoms with E-state index in [9.17, 15) is 4.79 Å². The molecule has 1 atom stereocenters. The second-order valence-electron chi connectivity index (χ2n) is 5.46. The van der Waals surface area contributed by atoms with E-state index in [4.69, 9.17) is 16.3 Å². The van der Waals surface area contributed by atoms with Gasteiger partial charge in [0, 0.05) is 26.6 Å². The van der Waals surface area contributed by atoms with Crippen molar-refractivity contribution in [1.29, 1.82) is 0 Å². The minimum atomic E-state index is 0.131. The second kappa shape index (κ2) is 7.66. The van der Waals surface area contributed by atoms with Crippen LogP contribution in [0.25, 0.3) is 0 Å². The quantitative estimate of drug-likeness (QED) is 0.878.